The topological polar surface area (TPSA) is 118 Å². The average molecular weight is 482 g/mol. The van der Waals surface area contributed by atoms with Crippen LogP contribution in [0, 0.1) is 0 Å². The summed E-state index contributed by atoms with van der Waals surface area (Å²) in [6.45, 7) is 0. The summed E-state index contributed by atoms with van der Waals surface area (Å²) in [5.74, 6) is 0. The van der Waals surface area contributed by atoms with Crippen LogP contribution >= 0.6 is 0 Å². The van der Waals surface area contributed by atoms with Crippen LogP contribution in [0.15, 0.2) is 95.2 Å². The molecule has 0 aliphatic heterocycles. The van der Waals surface area contributed by atoms with Crippen molar-refractivity contribution in [2.75, 3.05) is 0 Å². The molecule has 0 saturated heterocycles. The van der Waals surface area contributed by atoms with Crippen molar-refractivity contribution >= 4 is 91.5 Å². The van der Waals surface area contributed by atoms with Gasteiger partial charge in [-0.3, -0.25) is 9.11 Å². The van der Waals surface area contributed by atoms with Gasteiger partial charge in [0.25, 0.3) is 20.2 Å². The van der Waals surface area contributed by atoms with Crippen LogP contribution in [0.1, 0.15) is 11.1 Å². The molecular weight excluding hydrogens is 462 g/mol. The molecule has 0 amide bonds. The zero-order chi connectivity index (χ0) is 21.3. The van der Waals surface area contributed by atoms with Gasteiger partial charge in [-0.15, -0.1) is 0 Å². The molecule has 7 nitrogen and oxygen atoms in total. The summed E-state index contributed by atoms with van der Waals surface area (Å²) in [5, 5.41) is 0. The summed E-state index contributed by atoms with van der Waals surface area (Å²) in [5.41, 5.74) is 1.08. The number of hydrogen-bond acceptors (Lipinski definition) is 5. The predicted molar refractivity (Wildman–Crippen MR) is 126 cm³/mol. The maximum atomic E-state index is 11.5. The zero-order valence-corrected chi connectivity index (χ0v) is 16.6. The van der Waals surface area contributed by atoms with Crippen molar-refractivity contribution in [3.8, 4) is 0 Å². The van der Waals surface area contributed by atoms with Gasteiger partial charge < -0.3 is 4.74 Å². The van der Waals surface area contributed by atoms with Crippen LogP contribution in [0.2, 0.25) is 0 Å². The molecule has 0 atom stereocenters. The first-order valence-corrected chi connectivity index (χ1v) is 11.0. The van der Waals surface area contributed by atoms with E-state index in [0.717, 1.165) is 24.7 Å². The molecule has 0 aromatic heterocycles. The van der Waals surface area contributed by atoms with E-state index in [9.17, 15) is 25.9 Å². The van der Waals surface area contributed by atoms with Gasteiger partial charge in [-0.05, 0) is 35.4 Å². The molecule has 2 aromatic carbocycles. The molecule has 0 radical (unpaired) electrons. The standard InChI is InChI=1S/C20H18O7S2.2Na.2H/c21-28(22,23)19(15-17-7-3-1-4-8-17)11-13-27-14-12-20(29(24,25)26)16-18-9-5-2-6-10-18;;;;/h1-16H,(H,21,22,23)(H,24,25,26);;;;. The van der Waals surface area contributed by atoms with Crippen molar-refractivity contribution in [1.29, 1.82) is 0 Å². The number of rotatable bonds is 8. The summed E-state index contributed by atoms with van der Waals surface area (Å²) in [6.07, 6.45) is 6.36. The molecule has 2 aromatic rings. The number of benzene rings is 2. The van der Waals surface area contributed by atoms with Crippen molar-refractivity contribution in [2.24, 2.45) is 0 Å². The van der Waals surface area contributed by atoms with Crippen molar-refractivity contribution in [3.05, 3.63) is 106 Å². The molecule has 0 fully saturated rings. The van der Waals surface area contributed by atoms with Gasteiger partial charge in [0.15, 0.2) is 0 Å². The monoisotopic (exact) mass is 482 g/mol. The third-order valence-electron chi connectivity index (χ3n) is 3.43. The Morgan fingerprint density at radius 2 is 0.968 bits per heavy atom. The van der Waals surface area contributed by atoms with Crippen LogP contribution < -0.4 is 0 Å². The summed E-state index contributed by atoms with van der Waals surface area (Å²) in [4.78, 5) is -0.848. The fraction of sp³-hybridized carbons (Fsp3) is 0. The molecule has 2 rings (SSSR count). The quantitative estimate of drug-likeness (QED) is 0.257. The molecule has 0 bridgehead atoms. The third kappa shape index (κ3) is 11.4. The molecule has 0 saturated carbocycles. The van der Waals surface area contributed by atoms with E-state index in [1.165, 1.54) is 12.2 Å². The summed E-state index contributed by atoms with van der Waals surface area (Å²) < 4.78 is 69.5. The Morgan fingerprint density at radius 3 is 1.26 bits per heavy atom. The van der Waals surface area contributed by atoms with E-state index in [1.807, 2.05) is 0 Å². The second kappa shape index (κ2) is 14.2. The van der Waals surface area contributed by atoms with Gasteiger partial charge in [-0.2, -0.15) is 16.8 Å². The van der Waals surface area contributed by atoms with E-state index in [2.05, 4.69) is 0 Å². The molecule has 0 unspecified atom stereocenters. The molecule has 31 heavy (non-hydrogen) atoms. The first-order valence-electron chi connectivity index (χ1n) is 8.13. The SMILES string of the molecule is O=S(=O)(O)C(C=COC=CC(=Cc1ccccc1)S(=O)(=O)O)=Cc1ccccc1.[NaH].[NaH]. The molecule has 2 N–H and O–H groups in total. The van der Waals surface area contributed by atoms with E-state index in [4.69, 9.17) is 4.74 Å². The number of ether oxygens (including phenoxy) is 1. The van der Waals surface area contributed by atoms with Crippen LogP contribution in [0.25, 0.3) is 12.2 Å². The average Bonchev–Trinajstić information content (AvgIpc) is 2.66. The molecule has 0 aliphatic rings. The van der Waals surface area contributed by atoms with Crippen LogP contribution in [0.4, 0.5) is 0 Å². The Bertz CT molecular complexity index is 1060. The van der Waals surface area contributed by atoms with E-state index >= 15 is 0 Å². The fourth-order valence-electron chi connectivity index (χ4n) is 2.10. The van der Waals surface area contributed by atoms with Crippen LogP contribution in [0.5, 0.6) is 0 Å². The van der Waals surface area contributed by atoms with Gasteiger partial charge >= 0.3 is 59.1 Å². The Hall–Kier alpha value is -0.980. The molecule has 0 spiro atoms. The van der Waals surface area contributed by atoms with Crippen LogP contribution in [-0.2, 0) is 25.0 Å². The summed E-state index contributed by atoms with van der Waals surface area (Å²) in [6, 6.07) is 16.9. The van der Waals surface area contributed by atoms with Gasteiger partial charge in [-0.25, -0.2) is 0 Å². The summed E-state index contributed by atoms with van der Waals surface area (Å²) in [7, 11) is -9.02. The molecule has 156 valence electrons. The zero-order valence-electron chi connectivity index (χ0n) is 15.0. The molecule has 11 heteroatoms. The van der Waals surface area contributed by atoms with Crippen LogP contribution in [-0.4, -0.2) is 85.1 Å². The minimum absolute atomic E-state index is 0. The number of allylic oxidation sites excluding steroid dienone is 2. The minimum atomic E-state index is -4.51. The van der Waals surface area contributed by atoms with Crippen molar-refractivity contribution in [3.63, 3.8) is 0 Å². The first-order chi connectivity index (χ1) is 13.7. The van der Waals surface area contributed by atoms with Gasteiger partial charge in [0.1, 0.15) is 0 Å². The fourth-order valence-corrected chi connectivity index (χ4v) is 3.13. The van der Waals surface area contributed by atoms with E-state index in [1.54, 1.807) is 60.7 Å². The Labute approximate surface area is 226 Å². The van der Waals surface area contributed by atoms with Crippen molar-refractivity contribution in [2.45, 2.75) is 0 Å². The van der Waals surface area contributed by atoms with Gasteiger partial charge in [-0.1, -0.05) is 60.7 Å². The van der Waals surface area contributed by atoms with Crippen molar-refractivity contribution < 1.29 is 30.7 Å². The maximum absolute atomic E-state index is 11.5. The number of hydrogen-bond donors (Lipinski definition) is 2. The van der Waals surface area contributed by atoms with Gasteiger partial charge in [0.05, 0.1) is 22.3 Å². The Balaban J connectivity index is 0.00000450. The van der Waals surface area contributed by atoms with E-state index < -0.39 is 30.0 Å². The first kappa shape index (κ1) is 30.0. The van der Waals surface area contributed by atoms with E-state index in [-0.39, 0.29) is 59.1 Å². The Morgan fingerprint density at radius 1 is 0.645 bits per heavy atom. The second-order valence-electron chi connectivity index (χ2n) is 5.61. The third-order valence-corrected chi connectivity index (χ3v) is 5.13. The van der Waals surface area contributed by atoms with Gasteiger partial charge in [0, 0.05) is 0 Å². The second-order valence-corrected chi connectivity index (χ2v) is 8.45. The van der Waals surface area contributed by atoms with E-state index in [0.29, 0.717) is 11.1 Å². The van der Waals surface area contributed by atoms with Gasteiger partial charge in [0.2, 0.25) is 0 Å². The Kier molecular flexibility index (Phi) is 13.8. The molecule has 0 heterocycles. The normalized spacial score (nSPS) is 13.0. The molecule has 0 aliphatic carbocycles. The predicted octanol–water partition coefficient (Wildman–Crippen LogP) is 2.59. The molecular formula is C20H20Na2O7S2. The van der Waals surface area contributed by atoms with Crippen molar-refractivity contribution in [1.82, 2.24) is 0 Å². The van der Waals surface area contributed by atoms with Crippen LogP contribution in [0.3, 0.4) is 0 Å². The summed E-state index contributed by atoms with van der Waals surface area (Å²) >= 11 is 0.